The van der Waals surface area contributed by atoms with E-state index in [1.54, 1.807) is 0 Å². The van der Waals surface area contributed by atoms with Crippen LogP contribution in [0.25, 0.3) is 0 Å². The molecule has 1 saturated carbocycles. The molecule has 0 aliphatic heterocycles. The van der Waals surface area contributed by atoms with Gasteiger partial charge in [-0.3, -0.25) is 0 Å². The van der Waals surface area contributed by atoms with Gasteiger partial charge in [0.15, 0.2) is 0 Å². The monoisotopic (exact) mass is 156 g/mol. The lowest BCUT2D eigenvalue weighted by Crippen LogP contribution is -2.33. The maximum absolute atomic E-state index is 5.62. The first-order valence-electron chi connectivity index (χ1n) is 4.88. The van der Waals surface area contributed by atoms with Crippen LogP contribution in [0.5, 0.6) is 0 Å². The van der Waals surface area contributed by atoms with Gasteiger partial charge in [0, 0.05) is 7.11 Å². The van der Waals surface area contributed by atoms with Crippen molar-refractivity contribution in [1.29, 1.82) is 0 Å². The Kier molecular flexibility index (Phi) is 3.38. The number of hydrogen-bond acceptors (Lipinski definition) is 1. The molecule has 0 aromatic rings. The van der Waals surface area contributed by atoms with Gasteiger partial charge in [0.05, 0.1) is 5.60 Å². The molecule has 0 bridgehead atoms. The SMILES string of the molecule is CCCC1(OC)CCCCC1. The van der Waals surface area contributed by atoms with Crippen LogP contribution in [0.4, 0.5) is 0 Å². The molecule has 0 aromatic heterocycles. The van der Waals surface area contributed by atoms with Gasteiger partial charge in [0.1, 0.15) is 0 Å². The summed E-state index contributed by atoms with van der Waals surface area (Å²) in [6, 6.07) is 0. The Morgan fingerprint density at radius 2 is 1.82 bits per heavy atom. The minimum atomic E-state index is 0.271. The van der Waals surface area contributed by atoms with Crippen LogP contribution < -0.4 is 0 Å². The predicted molar refractivity (Wildman–Crippen MR) is 47.7 cm³/mol. The molecule has 1 fully saturated rings. The van der Waals surface area contributed by atoms with Crippen LogP contribution in [0.1, 0.15) is 51.9 Å². The second kappa shape index (κ2) is 4.10. The Bertz CT molecular complexity index is 97.9. The third kappa shape index (κ3) is 2.19. The average Bonchev–Trinajstić information content (AvgIpc) is 2.07. The van der Waals surface area contributed by atoms with E-state index in [0.717, 1.165) is 0 Å². The molecule has 1 aliphatic rings. The van der Waals surface area contributed by atoms with Gasteiger partial charge >= 0.3 is 0 Å². The maximum atomic E-state index is 5.62. The van der Waals surface area contributed by atoms with Gasteiger partial charge in [-0.25, -0.2) is 0 Å². The summed E-state index contributed by atoms with van der Waals surface area (Å²) >= 11 is 0. The molecule has 0 unspecified atom stereocenters. The summed E-state index contributed by atoms with van der Waals surface area (Å²) in [5.41, 5.74) is 0.271. The van der Waals surface area contributed by atoms with E-state index in [4.69, 9.17) is 4.74 Å². The summed E-state index contributed by atoms with van der Waals surface area (Å²) in [5, 5.41) is 0. The van der Waals surface area contributed by atoms with Gasteiger partial charge in [-0.15, -0.1) is 0 Å². The van der Waals surface area contributed by atoms with E-state index in [1.165, 1.54) is 44.9 Å². The Labute approximate surface area is 70.1 Å². The summed E-state index contributed by atoms with van der Waals surface area (Å²) in [4.78, 5) is 0. The summed E-state index contributed by atoms with van der Waals surface area (Å²) in [6.45, 7) is 2.25. The molecule has 0 N–H and O–H groups in total. The smallest absolute Gasteiger partial charge is 0.0678 e. The quantitative estimate of drug-likeness (QED) is 0.610. The molecule has 1 rings (SSSR count). The van der Waals surface area contributed by atoms with Crippen LogP contribution in [-0.4, -0.2) is 12.7 Å². The number of ether oxygens (including phenoxy) is 1. The molecule has 0 saturated heterocycles. The summed E-state index contributed by atoms with van der Waals surface area (Å²) < 4.78 is 5.62. The summed E-state index contributed by atoms with van der Waals surface area (Å²) in [5.74, 6) is 0. The molecule has 11 heavy (non-hydrogen) atoms. The van der Waals surface area contributed by atoms with Crippen molar-refractivity contribution in [2.24, 2.45) is 0 Å². The number of hydrogen-bond donors (Lipinski definition) is 0. The van der Waals surface area contributed by atoms with E-state index >= 15 is 0 Å². The van der Waals surface area contributed by atoms with Gasteiger partial charge in [-0.1, -0.05) is 32.6 Å². The van der Waals surface area contributed by atoms with E-state index in [2.05, 4.69) is 6.92 Å². The lowest BCUT2D eigenvalue weighted by atomic mass is 9.81. The van der Waals surface area contributed by atoms with E-state index in [1.807, 2.05) is 7.11 Å². The average molecular weight is 156 g/mol. The highest BCUT2D eigenvalue weighted by molar-refractivity contribution is 4.83. The minimum absolute atomic E-state index is 0.271. The lowest BCUT2D eigenvalue weighted by molar-refractivity contribution is -0.0458. The Hall–Kier alpha value is -0.0400. The first-order chi connectivity index (χ1) is 5.33. The first kappa shape index (κ1) is 9.05. The van der Waals surface area contributed by atoms with Gasteiger partial charge < -0.3 is 4.74 Å². The number of methoxy groups -OCH3 is 1. The van der Waals surface area contributed by atoms with Gasteiger partial charge in [-0.2, -0.15) is 0 Å². The van der Waals surface area contributed by atoms with Crippen LogP contribution in [0.2, 0.25) is 0 Å². The fourth-order valence-corrected chi connectivity index (χ4v) is 2.21. The van der Waals surface area contributed by atoms with Crippen molar-refractivity contribution in [3.8, 4) is 0 Å². The molecular formula is C10H20O. The highest BCUT2D eigenvalue weighted by Gasteiger charge is 2.30. The first-order valence-corrected chi connectivity index (χ1v) is 4.88. The summed E-state index contributed by atoms with van der Waals surface area (Å²) in [7, 11) is 1.88. The molecule has 0 radical (unpaired) electrons. The predicted octanol–water partition coefficient (Wildman–Crippen LogP) is 3.14. The van der Waals surface area contributed by atoms with Crippen molar-refractivity contribution >= 4 is 0 Å². The van der Waals surface area contributed by atoms with Crippen LogP contribution in [-0.2, 0) is 4.74 Å². The fraction of sp³-hybridized carbons (Fsp3) is 1.00. The van der Waals surface area contributed by atoms with E-state index in [9.17, 15) is 0 Å². The fourth-order valence-electron chi connectivity index (χ4n) is 2.21. The van der Waals surface area contributed by atoms with Crippen LogP contribution in [0.3, 0.4) is 0 Å². The van der Waals surface area contributed by atoms with Crippen molar-refractivity contribution in [3.05, 3.63) is 0 Å². The Morgan fingerprint density at radius 3 is 2.27 bits per heavy atom. The zero-order valence-electron chi connectivity index (χ0n) is 7.86. The standard InChI is InChI=1S/C10H20O/c1-3-7-10(11-2)8-5-4-6-9-10/h3-9H2,1-2H3. The number of rotatable bonds is 3. The van der Waals surface area contributed by atoms with Crippen LogP contribution >= 0.6 is 0 Å². The van der Waals surface area contributed by atoms with E-state index in [-0.39, 0.29) is 5.60 Å². The van der Waals surface area contributed by atoms with E-state index < -0.39 is 0 Å². The molecule has 0 aromatic carbocycles. The largest absolute Gasteiger partial charge is 0.378 e. The zero-order valence-corrected chi connectivity index (χ0v) is 7.86. The maximum Gasteiger partial charge on any atom is 0.0678 e. The van der Waals surface area contributed by atoms with Crippen LogP contribution in [0, 0.1) is 0 Å². The lowest BCUT2D eigenvalue weighted by Gasteiger charge is -2.35. The molecule has 1 nitrogen and oxygen atoms in total. The highest BCUT2D eigenvalue weighted by Crippen LogP contribution is 2.34. The summed E-state index contributed by atoms with van der Waals surface area (Å²) in [6.07, 6.45) is 9.24. The van der Waals surface area contributed by atoms with Crippen molar-refractivity contribution in [2.75, 3.05) is 7.11 Å². The second-order valence-electron chi connectivity index (χ2n) is 3.70. The van der Waals surface area contributed by atoms with Crippen LogP contribution in [0.15, 0.2) is 0 Å². The molecule has 0 amide bonds. The Morgan fingerprint density at radius 1 is 1.18 bits per heavy atom. The molecular weight excluding hydrogens is 136 g/mol. The molecule has 0 atom stereocenters. The van der Waals surface area contributed by atoms with Crippen molar-refractivity contribution in [3.63, 3.8) is 0 Å². The third-order valence-electron chi connectivity index (χ3n) is 2.90. The topological polar surface area (TPSA) is 9.23 Å². The second-order valence-corrected chi connectivity index (χ2v) is 3.70. The van der Waals surface area contributed by atoms with Crippen molar-refractivity contribution in [2.45, 2.75) is 57.5 Å². The molecule has 66 valence electrons. The molecule has 1 aliphatic carbocycles. The van der Waals surface area contributed by atoms with Gasteiger partial charge in [0.2, 0.25) is 0 Å². The molecule has 1 heteroatoms. The third-order valence-corrected chi connectivity index (χ3v) is 2.90. The van der Waals surface area contributed by atoms with E-state index in [0.29, 0.717) is 0 Å². The molecule has 0 spiro atoms. The molecule has 0 heterocycles. The Balaban J connectivity index is 2.42. The van der Waals surface area contributed by atoms with Gasteiger partial charge in [0.25, 0.3) is 0 Å². The normalized spacial score (nSPS) is 23.5. The van der Waals surface area contributed by atoms with Crippen molar-refractivity contribution in [1.82, 2.24) is 0 Å². The van der Waals surface area contributed by atoms with Gasteiger partial charge in [-0.05, 0) is 19.3 Å². The minimum Gasteiger partial charge on any atom is -0.378 e. The van der Waals surface area contributed by atoms with Crippen molar-refractivity contribution < 1.29 is 4.74 Å². The zero-order chi connectivity index (χ0) is 8.16. The highest BCUT2D eigenvalue weighted by atomic mass is 16.5.